The van der Waals surface area contributed by atoms with E-state index in [4.69, 9.17) is 0 Å². The molecule has 3 rings (SSSR count). The van der Waals surface area contributed by atoms with Gasteiger partial charge in [0.2, 0.25) is 11.8 Å². The van der Waals surface area contributed by atoms with Gasteiger partial charge in [0.1, 0.15) is 0 Å². The summed E-state index contributed by atoms with van der Waals surface area (Å²) in [6.07, 6.45) is 2.43. The second-order valence-electron chi connectivity index (χ2n) is 4.74. The van der Waals surface area contributed by atoms with Gasteiger partial charge >= 0.3 is 0 Å². The van der Waals surface area contributed by atoms with Gasteiger partial charge < -0.3 is 10.2 Å². The maximum atomic E-state index is 11.6. The van der Waals surface area contributed by atoms with Gasteiger partial charge in [-0.25, -0.2) is 0 Å². The summed E-state index contributed by atoms with van der Waals surface area (Å²) in [6, 6.07) is 5.65. The van der Waals surface area contributed by atoms with Gasteiger partial charge in [0, 0.05) is 24.3 Å². The average molecular weight is 230 g/mol. The maximum absolute atomic E-state index is 11.6. The zero-order valence-corrected chi connectivity index (χ0v) is 9.69. The van der Waals surface area contributed by atoms with Crippen LogP contribution in [0.4, 0.5) is 11.4 Å². The van der Waals surface area contributed by atoms with E-state index in [1.807, 2.05) is 18.2 Å². The van der Waals surface area contributed by atoms with Gasteiger partial charge in [-0.2, -0.15) is 0 Å². The van der Waals surface area contributed by atoms with Crippen LogP contribution in [0.1, 0.15) is 18.4 Å². The number of hydrogen-bond acceptors (Lipinski definition) is 2. The lowest BCUT2D eigenvalue weighted by Crippen LogP contribution is -2.20. The number of benzene rings is 1. The van der Waals surface area contributed by atoms with E-state index < -0.39 is 0 Å². The highest BCUT2D eigenvalue weighted by atomic mass is 16.2. The van der Waals surface area contributed by atoms with E-state index in [9.17, 15) is 9.59 Å². The topological polar surface area (TPSA) is 49.4 Å². The zero-order valence-electron chi connectivity index (χ0n) is 9.69. The second-order valence-corrected chi connectivity index (χ2v) is 4.74. The Morgan fingerprint density at radius 2 is 2.18 bits per heavy atom. The molecule has 1 fully saturated rings. The Morgan fingerprint density at radius 1 is 1.41 bits per heavy atom. The summed E-state index contributed by atoms with van der Waals surface area (Å²) in [5.41, 5.74) is 2.73. The van der Waals surface area contributed by atoms with Crippen molar-refractivity contribution in [3.8, 4) is 0 Å². The molecule has 0 atom stereocenters. The van der Waals surface area contributed by atoms with Crippen LogP contribution in [0.5, 0.6) is 0 Å². The summed E-state index contributed by atoms with van der Waals surface area (Å²) in [5, 5.41) is 2.89. The van der Waals surface area contributed by atoms with Crippen LogP contribution in [0, 0.1) is 5.92 Å². The molecule has 88 valence electrons. The lowest BCUT2D eigenvalue weighted by Gasteiger charge is -2.11. The van der Waals surface area contributed by atoms with Crippen molar-refractivity contribution in [3.63, 3.8) is 0 Å². The number of carbonyl (C=O) groups is 2. The molecule has 0 saturated heterocycles. The van der Waals surface area contributed by atoms with Crippen LogP contribution in [0.25, 0.3) is 0 Å². The molecule has 0 spiro atoms. The highest BCUT2D eigenvalue weighted by Crippen LogP contribution is 2.32. The monoisotopic (exact) mass is 230 g/mol. The standard InChI is InChI=1S/C13H14N2O2/c1-15-11-5-4-10(6-9(11)7-12(15)16)14-13(17)8-2-3-8/h4-6,8H,2-3,7H2,1H3,(H,14,17). The number of likely N-dealkylation sites (N-methyl/N-ethyl adjacent to an activating group) is 1. The molecule has 1 aliphatic heterocycles. The van der Waals surface area contributed by atoms with Crippen molar-refractivity contribution in [1.29, 1.82) is 0 Å². The lowest BCUT2D eigenvalue weighted by atomic mass is 10.1. The van der Waals surface area contributed by atoms with E-state index in [-0.39, 0.29) is 17.7 Å². The van der Waals surface area contributed by atoms with Gasteiger partial charge in [0.05, 0.1) is 6.42 Å². The fraction of sp³-hybridized carbons (Fsp3) is 0.385. The third-order valence-electron chi connectivity index (χ3n) is 3.37. The Kier molecular flexibility index (Phi) is 2.18. The molecule has 1 heterocycles. The first-order valence-electron chi connectivity index (χ1n) is 5.85. The molecule has 17 heavy (non-hydrogen) atoms. The Labute approximate surface area is 99.6 Å². The first-order chi connectivity index (χ1) is 8.15. The smallest absolute Gasteiger partial charge is 0.231 e. The van der Waals surface area contributed by atoms with Crippen molar-refractivity contribution in [3.05, 3.63) is 23.8 Å². The van der Waals surface area contributed by atoms with Crippen molar-refractivity contribution >= 4 is 23.2 Å². The van der Waals surface area contributed by atoms with E-state index in [0.717, 1.165) is 29.8 Å². The Bertz CT molecular complexity index is 506. The van der Waals surface area contributed by atoms with E-state index in [1.165, 1.54) is 0 Å². The Morgan fingerprint density at radius 3 is 2.88 bits per heavy atom. The lowest BCUT2D eigenvalue weighted by molar-refractivity contribution is -0.118. The normalized spacial score (nSPS) is 18.2. The third kappa shape index (κ3) is 1.79. The fourth-order valence-corrected chi connectivity index (χ4v) is 2.14. The van der Waals surface area contributed by atoms with Crippen molar-refractivity contribution in [2.45, 2.75) is 19.3 Å². The first-order valence-corrected chi connectivity index (χ1v) is 5.85. The van der Waals surface area contributed by atoms with Crippen LogP contribution in [-0.2, 0) is 16.0 Å². The minimum Gasteiger partial charge on any atom is -0.326 e. The number of fused-ring (bicyclic) bond motifs is 1. The minimum atomic E-state index is 0.0997. The van der Waals surface area contributed by atoms with Gasteiger partial charge in [-0.3, -0.25) is 9.59 Å². The van der Waals surface area contributed by atoms with E-state index in [1.54, 1.807) is 11.9 Å². The number of rotatable bonds is 2. The van der Waals surface area contributed by atoms with Crippen molar-refractivity contribution in [1.82, 2.24) is 0 Å². The summed E-state index contributed by atoms with van der Waals surface area (Å²) < 4.78 is 0. The Balaban J connectivity index is 1.82. The van der Waals surface area contributed by atoms with E-state index >= 15 is 0 Å². The fourth-order valence-electron chi connectivity index (χ4n) is 2.14. The summed E-state index contributed by atoms with van der Waals surface area (Å²) in [7, 11) is 1.77. The molecule has 1 saturated carbocycles. The molecule has 2 amide bonds. The quantitative estimate of drug-likeness (QED) is 0.838. The second kappa shape index (κ2) is 3.58. The van der Waals surface area contributed by atoms with Crippen LogP contribution in [-0.4, -0.2) is 18.9 Å². The SMILES string of the molecule is CN1C(=O)Cc2cc(NC(=O)C3CC3)ccc21. The molecular formula is C13H14N2O2. The predicted molar refractivity (Wildman–Crippen MR) is 64.9 cm³/mol. The summed E-state index contributed by atoms with van der Waals surface area (Å²) >= 11 is 0. The molecule has 0 bridgehead atoms. The van der Waals surface area contributed by atoms with Gasteiger partial charge in [0.25, 0.3) is 0 Å². The minimum absolute atomic E-state index is 0.0997. The number of nitrogens with one attached hydrogen (secondary N) is 1. The van der Waals surface area contributed by atoms with E-state index in [0.29, 0.717) is 6.42 Å². The Hall–Kier alpha value is -1.84. The van der Waals surface area contributed by atoms with Crippen LogP contribution in [0.3, 0.4) is 0 Å². The highest BCUT2D eigenvalue weighted by Gasteiger charge is 2.30. The zero-order chi connectivity index (χ0) is 12.0. The molecule has 1 aromatic carbocycles. The molecule has 1 aliphatic carbocycles. The number of amides is 2. The molecule has 1 N–H and O–H groups in total. The molecule has 2 aliphatic rings. The number of hydrogen-bond donors (Lipinski definition) is 1. The van der Waals surface area contributed by atoms with Gasteiger partial charge in [0.15, 0.2) is 0 Å². The molecular weight excluding hydrogens is 216 g/mol. The molecule has 1 aromatic rings. The average Bonchev–Trinajstić information content (AvgIpc) is 3.08. The number of nitrogens with zero attached hydrogens (tertiary/aromatic N) is 1. The van der Waals surface area contributed by atoms with Gasteiger partial charge in [-0.1, -0.05) is 0 Å². The number of anilines is 2. The number of carbonyl (C=O) groups excluding carboxylic acids is 2. The summed E-state index contributed by atoms with van der Waals surface area (Å²) in [6.45, 7) is 0. The van der Waals surface area contributed by atoms with Crippen LogP contribution in [0.2, 0.25) is 0 Å². The largest absolute Gasteiger partial charge is 0.326 e. The predicted octanol–water partition coefficient (Wildman–Crippen LogP) is 1.55. The molecule has 0 unspecified atom stereocenters. The third-order valence-corrected chi connectivity index (χ3v) is 3.37. The van der Waals surface area contributed by atoms with Crippen molar-refractivity contribution in [2.75, 3.05) is 17.3 Å². The van der Waals surface area contributed by atoms with Crippen LogP contribution >= 0.6 is 0 Å². The van der Waals surface area contributed by atoms with Crippen molar-refractivity contribution < 1.29 is 9.59 Å². The van der Waals surface area contributed by atoms with E-state index in [2.05, 4.69) is 5.32 Å². The first kappa shape index (κ1) is 10.3. The van der Waals surface area contributed by atoms with Crippen LogP contribution in [0.15, 0.2) is 18.2 Å². The highest BCUT2D eigenvalue weighted by molar-refractivity contribution is 6.02. The van der Waals surface area contributed by atoms with Gasteiger partial charge in [-0.05, 0) is 36.6 Å². The van der Waals surface area contributed by atoms with Crippen molar-refractivity contribution in [2.24, 2.45) is 5.92 Å². The summed E-state index contributed by atoms with van der Waals surface area (Å²) in [4.78, 5) is 24.8. The summed E-state index contributed by atoms with van der Waals surface area (Å²) in [5.74, 6) is 0.404. The van der Waals surface area contributed by atoms with Crippen LogP contribution < -0.4 is 10.2 Å². The van der Waals surface area contributed by atoms with Gasteiger partial charge in [-0.15, -0.1) is 0 Å². The maximum Gasteiger partial charge on any atom is 0.231 e. The molecule has 4 heteroatoms. The molecule has 0 radical (unpaired) electrons. The molecule has 4 nitrogen and oxygen atoms in total. The molecule has 0 aromatic heterocycles.